The SMILES string of the molecule is CCCCCCC(C)OCc1cc(CNCC)ccc1F. The van der Waals surface area contributed by atoms with Gasteiger partial charge in [-0.15, -0.1) is 0 Å². The highest BCUT2D eigenvalue weighted by Gasteiger charge is 2.07. The van der Waals surface area contributed by atoms with E-state index >= 15 is 0 Å². The molecule has 0 amide bonds. The van der Waals surface area contributed by atoms with E-state index < -0.39 is 0 Å². The average molecular weight is 295 g/mol. The van der Waals surface area contributed by atoms with Crippen LogP contribution in [0.3, 0.4) is 0 Å². The normalized spacial score (nSPS) is 12.6. The van der Waals surface area contributed by atoms with Gasteiger partial charge in [0.2, 0.25) is 0 Å². The summed E-state index contributed by atoms with van der Waals surface area (Å²) in [6.45, 7) is 8.40. The van der Waals surface area contributed by atoms with Crippen molar-refractivity contribution in [3.05, 3.63) is 35.1 Å². The molecule has 1 aromatic rings. The lowest BCUT2D eigenvalue weighted by Crippen LogP contribution is -2.13. The molecule has 120 valence electrons. The standard InChI is InChI=1S/C18H30FNO/c1-4-6-7-8-9-15(3)21-14-17-12-16(13-20-5-2)10-11-18(17)19/h10-12,15,20H,4-9,13-14H2,1-3H3. The van der Waals surface area contributed by atoms with Gasteiger partial charge >= 0.3 is 0 Å². The van der Waals surface area contributed by atoms with Crippen LogP contribution in [-0.2, 0) is 17.9 Å². The molecule has 0 aliphatic heterocycles. The van der Waals surface area contributed by atoms with Crippen molar-refractivity contribution in [2.45, 2.75) is 72.1 Å². The highest BCUT2D eigenvalue weighted by Crippen LogP contribution is 2.15. The highest BCUT2D eigenvalue weighted by molar-refractivity contribution is 5.24. The van der Waals surface area contributed by atoms with Crippen molar-refractivity contribution >= 4 is 0 Å². The van der Waals surface area contributed by atoms with Crippen molar-refractivity contribution in [1.29, 1.82) is 0 Å². The Labute approximate surface area is 129 Å². The largest absolute Gasteiger partial charge is 0.374 e. The van der Waals surface area contributed by atoms with E-state index in [9.17, 15) is 4.39 Å². The Morgan fingerprint density at radius 3 is 2.71 bits per heavy atom. The number of hydrogen-bond donors (Lipinski definition) is 1. The van der Waals surface area contributed by atoms with Crippen LogP contribution >= 0.6 is 0 Å². The summed E-state index contributed by atoms with van der Waals surface area (Å²) in [5.74, 6) is -0.173. The second-order valence-corrected chi connectivity index (χ2v) is 5.68. The van der Waals surface area contributed by atoms with Crippen LogP contribution in [0.25, 0.3) is 0 Å². The average Bonchev–Trinajstić information content (AvgIpc) is 2.49. The third-order valence-electron chi connectivity index (χ3n) is 3.68. The summed E-state index contributed by atoms with van der Waals surface area (Å²) in [5, 5.41) is 3.25. The van der Waals surface area contributed by atoms with Gasteiger partial charge < -0.3 is 10.1 Å². The van der Waals surface area contributed by atoms with Gasteiger partial charge in [0.05, 0.1) is 12.7 Å². The minimum atomic E-state index is -0.173. The Morgan fingerprint density at radius 2 is 2.00 bits per heavy atom. The van der Waals surface area contributed by atoms with Crippen molar-refractivity contribution in [3.8, 4) is 0 Å². The smallest absolute Gasteiger partial charge is 0.128 e. The van der Waals surface area contributed by atoms with Crippen LogP contribution in [0.2, 0.25) is 0 Å². The maximum absolute atomic E-state index is 13.8. The first-order chi connectivity index (χ1) is 10.2. The van der Waals surface area contributed by atoms with Crippen molar-refractivity contribution < 1.29 is 9.13 Å². The highest BCUT2D eigenvalue weighted by atomic mass is 19.1. The van der Waals surface area contributed by atoms with Gasteiger partial charge in [-0.05, 0) is 37.6 Å². The Balaban J connectivity index is 2.39. The van der Waals surface area contributed by atoms with E-state index in [-0.39, 0.29) is 11.9 Å². The summed E-state index contributed by atoms with van der Waals surface area (Å²) < 4.78 is 19.6. The Morgan fingerprint density at radius 1 is 1.19 bits per heavy atom. The maximum Gasteiger partial charge on any atom is 0.128 e. The molecular formula is C18H30FNO. The lowest BCUT2D eigenvalue weighted by atomic mass is 10.1. The fourth-order valence-electron chi connectivity index (χ4n) is 2.29. The number of rotatable bonds is 11. The quantitative estimate of drug-likeness (QED) is 0.591. The number of benzene rings is 1. The molecule has 0 spiro atoms. The summed E-state index contributed by atoms with van der Waals surface area (Å²) in [6.07, 6.45) is 6.24. The van der Waals surface area contributed by atoms with Crippen molar-refractivity contribution in [3.63, 3.8) is 0 Å². The van der Waals surface area contributed by atoms with Gasteiger partial charge in [-0.3, -0.25) is 0 Å². The van der Waals surface area contributed by atoms with Crippen LogP contribution < -0.4 is 5.32 Å². The molecule has 1 unspecified atom stereocenters. The predicted octanol–water partition coefficient (Wildman–Crippen LogP) is 4.81. The van der Waals surface area contributed by atoms with E-state index in [2.05, 4.69) is 26.1 Å². The zero-order chi connectivity index (χ0) is 15.5. The fourth-order valence-corrected chi connectivity index (χ4v) is 2.29. The van der Waals surface area contributed by atoms with Gasteiger partial charge in [-0.1, -0.05) is 45.6 Å². The van der Waals surface area contributed by atoms with E-state index in [4.69, 9.17) is 4.74 Å². The number of halogens is 1. The molecule has 3 heteroatoms. The Kier molecular flexibility index (Phi) is 9.27. The first-order valence-electron chi connectivity index (χ1n) is 8.27. The van der Waals surface area contributed by atoms with Gasteiger partial charge in [-0.2, -0.15) is 0 Å². The summed E-state index contributed by atoms with van der Waals surface area (Å²) >= 11 is 0. The maximum atomic E-state index is 13.8. The van der Waals surface area contributed by atoms with Gasteiger partial charge in [0.1, 0.15) is 5.82 Å². The van der Waals surface area contributed by atoms with Crippen LogP contribution in [-0.4, -0.2) is 12.6 Å². The molecule has 0 aliphatic carbocycles. The zero-order valence-corrected chi connectivity index (χ0v) is 13.8. The van der Waals surface area contributed by atoms with Crippen molar-refractivity contribution in [2.24, 2.45) is 0 Å². The lowest BCUT2D eigenvalue weighted by molar-refractivity contribution is 0.0443. The molecule has 21 heavy (non-hydrogen) atoms. The van der Waals surface area contributed by atoms with Gasteiger partial charge in [0, 0.05) is 12.1 Å². The molecule has 0 radical (unpaired) electrons. The summed E-state index contributed by atoms with van der Waals surface area (Å²) in [6, 6.07) is 5.27. The minimum Gasteiger partial charge on any atom is -0.374 e. The molecule has 1 N–H and O–H groups in total. The molecule has 1 aromatic carbocycles. The summed E-state index contributed by atoms with van der Waals surface area (Å²) in [7, 11) is 0. The monoisotopic (exact) mass is 295 g/mol. The second-order valence-electron chi connectivity index (χ2n) is 5.68. The number of hydrogen-bond acceptors (Lipinski definition) is 2. The van der Waals surface area contributed by atoms with Crippen molar-refractivity contribution in [2.75, 3.05) is 6.54 Å². The third-order valence-corrected chi connectivity index (χ3v) is 3.68. The van der Waals surface area contributed by atoms with E-state index in [0.717, 1.165) is 25.1 Å². The topological polar surface area (TPSA) is 21.3 Å². The van der Waals surface area contributed by atoms with E-state index in [0.29, 0.717) is 12.2 Å². The van der Waals surface area contributed by atoms with Crippen LogP contribution in [0, 0.1) is 5.82 Å². The molecular weight excluding hydrogens is 265 g/mol. The van der Waals surface area contributed by atoms with Gasteiger partial charge in [0.25, 0.3) is 0 Å². The zero-order valence-electron chi connectivity index (χ0n) is 13.8. The summed E-state index contributed by atoms with van der Waals surface area (Å²) in [5.41, 5.74) is 1.76. The molecule has 0 saturated carbocycles. The molecule has 2 nitrogen and oxygen atoms in total. The molecule has 0 bridgehead atoms. The fraction of sp³-hybridized carbons (Fsp3) is 0.667. The molecule has 0 saturated heterocycles. The Hall–Kier alpha value is -0.930. The van der Waals surface area contributed by atoms with Crippen LogP contribution in [0.15, 0.2) is 18.2 Å². The molecule has 1 atom stereocenters. The molecule has 0 aliphatic rings. The number of ether oxygens (including phenoxy) is 1. The minimum absolute atomic E-state index is 0.173. The van der Waals surface area contributed by atoms with Crippen LogP contribution in [0.5, 0.6) is 0 Å². The predicted molar refractivity (Wildman–Crippen MR) is 86.8 cm³/mol. The Bertz CT molecular complexity index is 395. The molecule has 1 rings (SSSR count). The van der Waals surface area contributed by atoms with E-state index in [1.165, 1.54) is 31.7 Å². The van der Waals surface area contributed by atoms with E-state index in [1.807, 2.05) is 12.1 Å². The first-order valence-corrected chi connectivity index (χ1v) is 8.27. The number of unbranched alkanes of at least 4 members (excludes halogenated alkanes) is 3. The molecule has 0 heterocycles. The van der Waals surface area contributed by atoms with Gasteiger partial charge in [0.15, 0.2) is 0 Å². The first kappa shape index (κ1) is 18.1. The summed E-state index contributed by atoms with van der Waals surface area (Å²) in [4.78, 5) is 0. The molecule has 0 aromatic heterocycles. The van der Waals surface area contributed by atoms with Crippen molar-refractivity contribution in [1.82, 2.24) is 5.32 Å². The number of nitrogens with one attached hydrogen (secondary N) is 1. The third kappa shape index (κ3) is 7.58. The van der Waals surface area contributed by atoms with Gasteiger partial charge in [-0.25, -0.2) is 4.39 Å². The van der Waals surface area contributed by atoms with E-state index in [1.54, 1.807) is 0 Å². The lowest BCUT2D eigenvalue weighted by Gasteiger charge is -2.14. The second kappa shape index (κ2) is 10.7. The van der Waals surface area contributed by atoms with Crippen LogP contribution in [0.4, 0.5) is 4.39 Å². The van der Waals surface area contributed by atoms with Crippen LogP contribution in [0.1, 0.15) is 64.0 Å². The molecule has 0 fully saturated rings.